The summed E-state index contributed by atoms with van der Waals surface area (Å²) in [5.74, 6) is -0.245. The maximum absolute atomic E-state index is 11.6. The number of carbonyl (C=O) groups excluding carboxylic acids is 2. The van der Waals surface area contributed by atoms with Gasteiger partial charge in [-0.05, 0) is 30.8 Å². The van der Waals surface area contributed by atoms with Crippen LogP contribution in [0.3, 0.4) is 0 Å². The minimum Gasteiger partial charge on any atom is -0.326 e. The van der Waals surface area contributed by atoms with Crippen LogP contribution in [-0.2, 0) is 9.59 Å². The van der Waals surface area contributed by atoms with Crippen molar-refractivity contribution in [1.29, 1.82) is 0 Å². The molecule has 0 radical (unpaired) electrons. The number of carbonyl (C=O) groups is 2. The highest BCUT2D eigenvalue weighted by Gasteiger charge is 2.05. The molecule has 0 heterocycles. The van der Waals surface area contributed by atoms with E-state index in [9.17, 15) is 9.59 Å². The van der Waals surface area contributed by atoms with Crippen LogP contribution in [0.15, 0.2) is 29.4 Å². The van der Waals surface area contributed by atoms with Gasteiger partial charge in [-0.25, -0.2) is 5.43 Å². The van der Waals surface area contributed by atoms with Crippen LogP contribution in [0.25, 0.3) is 0 Å². The number of likely N-dealkylation sites (N-methyl/N-ethyl adjacent to an activating group) is 1. The van der Waals surface area contributed by atoms with E-state index in [0.29, 0.717) is 6.54 Å². The zero-order chi connectivity index (χ0) is 15.7. The highest BCUT2D eigenvalue weighted by Crippen LogP contribution is 2.07. The van der Waals surface area contributed by atoms with E-state index < -0.39 is 0 Å². The molecule has 0 bridgehead atoms. The van der Waals surface area contributed by atoms with Gasteiger partial charge < -0.3 is 5.32 Å². The van der Waals surface area contributed by atoms with E-state index in [0.717, 1.165) is 24.3 Å². The van der Waals surface area contributed by atoms with Crippen molar-refractivity contribution in [2.45, 2.75) is 20.8 Å². The number of hydrogen-bond donors (Lipinski definition) is 2. The van der Waals surface area contributed by atoms with Crippen molar-refractivity contribution in [1.82, 2.24) is 10.3 Å². The van der Waals surface area contributed by atoms with Gasteiger partial charge in [-0.3, -0.25) is 14.5 Å². The first-order chi connectivity index (χ1) is 10.0. The summed E-state index contributed by atoms with van der Waals surface area (Å²) in [6.45, 7) is 7.48. The summed E-state index contributed by atoms with van der Waals surface area (Å²) in [5, 5.41) is 6.60. The van der Waals surface area contributed by atoms with Gasteiger partial charge in [-0.2, -0.15) is 5.10 Å². The SMILES string of the molecule is CCN(CC)CC(=O)NN=Cc1ccc(NC(C)=O)cc1. The quantitative estimate of drug-likeness (QED) is 0.589. The first kappa shape index (κ1) is 16.8. The Kier molecular flexibility index (Phi) is 7.11. The molecule has 6 nitrogen and oxygen atoms in total. The fourth-order valence-electron chi connectivity index (χ4n) is 1.72. The lowest BCUT2D eigenvalue weighted by Gasteiger charge is -2.15. The molecule has 1 rings (SSSR count). The van der Waals surface area contributed by atoms with Gasteiger partial charge in [0, 0.05) is 12.6 Å². The zero-order valence-corrected chi connectivity index (χ0v) is 12.7. The third kappa shape index (κ3) is 6.67. The Morgan fingerprint density at radius 1 is 1.19 bits per heavy atom. The van der Waals surface area contributed by atoms with Gasteiger partial charge in [0.05, 0.1) is 12.8 Å². The Morgan fingerprint density at radius 2 is 1.81 bits per heavy atom. The molecule has 0 unspecified atom stereocenters. The van der Waals surface area contributed by atoms with Crippen molar-refractivity contribution >= 4 is 23.7 Å². The molecule has 0 fully saturated rings. The average Bonchev–Trinajstić information content (AvgIpc) is 2.46. The fraction of sp³-hybridized carbons (Fsp3) is 0.400. The highest BCUT2D eigenvalue weighted by atomic mass is 16.2. The van der Waals surface area contributed by atoms with Crippen LogP contribution in [0.1, 0.15) is 26.3 Å². The molecule has 0 aromatic heterocycles. The van der Waals surface area contributed by atoms with Crippen LogP contribution < -0.4 is 10.7 Å². The number of amides is 2. The van der Waals surface area contributed by atoms with Gasteiger partial charge >= 0.3 is 0 Å². The molecule has 1 aromatic carbocycles. The topological polar surface area (TPSA) is 73.8 Å². The van der Waals surface area contributed by atoms with Gasteiger partial charge in [0.1, 0.15) is 0 Å². The third-order valence-corrected chi connectivity index (χ3v) is 2.90. The molecular formula is C15H22N4O2. The lowest BCUT2D eigenvalue weighted by atomic mass is 10.2. The summed E-state index contributed by atoms with van der Waals surface area (Å²) >= 11 is 0. The average molecular weight is 290 g/mol. The second-order valence-corrected chi connectivity index (χ2v) is 4.56. The minimum atomic E-state index is -0.134. The molecule has 6 heteroatoms. The molecule has 2 amide bonds. The van der Waals surface area contributed by atoms with Gasteiger partial charge in [0.25, 0.3) is 5.91 Å². The first-order valence-corrected chi connectivity index (χ1v) is 6.97. The molecule has 2 N–H and O–H groups in total. The molecular weight excluding hydrogens is 268 g/mol. The zero-order valence-electron chi connectivity index (χ0n) is 12.7. The van der Waals surface area contributed by atoms with E-state index in [1.54, 1.807) is 18.3 Å². The molecule has 0 aliphatic heterocycles. The van der Waals surface area contributed by atoms with Crippen LogP contribution >= 0.6 is 0 Å². The molecule has 0 spiro atoms. The van der Waals surface area contributed by atoms with Crippen molar-refractivity contribution in [3.05, 3.63) is 29.8 Å². The number of nitrogens with zero attached hydrogens (tertiary/aromatic N) is 2. The van der Waals surface area contributed by atoms with Crippen LogP contribution in [0.4, 0.5) is 5.69 Å². The van der Waals surface area contributed by atoms with E-state index in [-0.39, 0.29) is 11.8 Å². The maximum Gasteiger partial charge on any atom is 0.254 e. The van der Waals surface area contributed by atoms with Gasteiger partial charge in [0.15, 0.2) is 0 Å². The van der Waals surface area contributed by atoms with E-state index >= 15 is 0 Å². The number of hydrazone groups is 1. The molecule has 0 saturated heterocycles. The normalized spacial score (nSPS) is 10.9. The number of nitrogens with one attached hydrogen (secondary N) is 2. The van der Waals surface area contributed by atoms with Gasteiger partial charge in [-0.15, -0.1) is 0 Å². The highest BCUT2D eigenvalue weighted by molar-refractivity contribution is 5.89. The number of rotatable bonds is 7. The number of anilines is 1. The summed E-state index contributed by atoms with van der Waals surface area (Å²) < 4.78 is 0. The van der Waals surface area contributed by atoms with E-state index in [4.69, 9.17) is 0 Å². The van der Waals surface area contributed by atoms with Crippen molar-refractivity contribution in [3.63, 3.8) is 0 Å². The molecule has 0 atom stereocenters. The Balaban J connectivity index is 2.46. The largest absolute Gasteiger partial charge is 0.326 e. The molecule has 0 aliphatic carbocycles. The van der Waals surface area contributed by atoms with Gasteiger partial charge in [0.2, 0.25) is 5.91 Å². The lowest BCUT2D eigenvalue weighted by Crippen LogP contribution is -2.35. The Labute approximate surface area is 125 Å². The summed E-state index contributed by atoms with van der Waals surface area (Å²) in [5.41, 5.74) is 4.06. The first-order valence-electron chi connectivity index (χ1n) is 6.97. The lowest BCUT2D eigenvalue weighted by molar-refractivity contribution is -0.122. The second kappa shape index (κ2) is 8.86. The van der Waals surface area contributed by atoms with E-state index in [1.165, 1.54) is 6.92 Å². The summed E-state index contributed by atoms with van der Waals surface area (Å²) in [6, 6.07) is 7.18. The molecule has 0 aliphatic rings. The van der Waals surface area contributed by atoms with Crippen molar-refractivity contribution < 1.29 is 9.59 Å². The van der Waals surface area contributed by atoms with Crippen LogP contribution in [0.2, 0.25) is 0 Å². The number of hydrogen-bond acceptors (Lipinski definition) is 4. The van der Waals surface area contributed by atoms with Crippen LogP contribution in [-0.4, -0.2) is 42.6 Å². The predicted octanol–water partition coefficient (Wildman–Crippen LogP) is 1.44. The molecule has 0 saturated carbocycles. The van der Waals surface area contributed by atoms with Crippen LogP contribution in [0, 0.1) is 0 Å². The van der Waals surface area contributed by atoms with E-state index in [2.05, 4.69) is 15.8 Å². The third-order valence-electron chi connectivity index (χ3n) is 2.90. The summed E-state index contributed by atoms with van der Waals surface area (Å²) in [6.07, 6.45) is 1.57. The predicted molar refractivity (Wildman–Crippen MR) is 84.3 cm³/mol. The van der Waals surface area contributed by atoms with E-state index in [1.807, 2.05) is 30.9 Å². The summed E-state index contributed by atoms with van der Waals surface area (Å²) in [7, 11) is 0. The monoisotopic (exact) mass is 290 g/mol. The minimum absolute atomic E-state index is 0.111. The standard InChI is InChI=1S/C15H22N4O2/c1-4-19(5-2)11-15(21)18-16-10-13-6-8-14(9-7-13)17-12(3)20/h6-10H,4-5,11H2,1-3H3,(H,17,20)(H,18,21). The maximum atomic E-state index is 11.6. The fourth-order valence-corrected chi connectivity index (χ4v) is 1.72. The Morgan fingerprint density at radius 3 is 2.33 bits per heavy atom. The van der Waals surface area contributed by atoms with Crippen molar-refractivity contribution in [2.75, 3.05) is 25.0 Å². The smallest absolute Gasteiger partial charge is 0.254 e. The second-order valence-electron chi connectivity index (χ2n) is 4.56. The van der Waals surface area contributed by atoms with Crippen LogP contribution in [0.5, 0.6) is 0 Å². The van der Waals surface area contributed by atoms with Gasteiger partial charge in [-0.1, -0.05) is 26.0 Å². The molecule has 114 valence electrons. The summed E-state index contributed by atoms with van der Waals surface area (Å²) in [4.78, 5) is 24.5. The number of benzene rings is 1. The van der Waals surface area contributed by atoms with Crippen molar-refractivity contribution in [2.24, 2.45) is 5.10 Å². The molecule has 1 aromatic rings. The molecule has 21 heavy (non-hydrogen) atoms. The Hall–Kier alpha value is -2.21. The Bertz CT molecular complexity index is 493. The van der Waals surface area contributed by atoms with Crippen molar-refractivity contribution in [3.8, 4) is 0 Å².